The molecule has 92 valence electrons. The van der Waals surface area contributed by atoms with Crippen molar-refractivity contribution < 1.29 is 19.4 Å². The molecule has 5 heteroatoms. The molecule has 1 rings (SSSR count). The van der Waals surface area contributed by atoms with Gasteiger partial charge in [-0.1, -0.05) is 13.8 Å². The molecule has 0 aromatic heterocycles. The average molecular weight is 229 g/mol. The first-order valence-electron chi connectivity index (χ1n) is 5.46. The number of amides is 1. The summed E-state index contributed by atoms with van der Waals surface area (Å²) in [6, 6.07) is -0.434. The molecule has 2 atom stereocenters. The monoisotopic (exact) mass is 229 g/mol. The maximum absolute atomic E-state index is 11.6. The number of carboxylic acids is 1. The Morgan fingerprint density at radius 1 is 1.56 bits per heavy atom. The van der Waals surface area contributed by atoms with Crippen LogP contribution in [0.25, 0.3) is 0 Å². The highest BCUT2D eigenvalue weighted by molar-refractivity contribution is 5.80. The second-order valence-electron chi connectivity index (χ2n) is 4.96. The van der Waals surface area contributed by atoms with E-state index >= 15 is 0 Å². The van der Waals surface area contributed by atoms with Gasteiger partial charge < -0.3 is 15.2 Å². The molecule has 0 radical (unpaired) electrons. The van der Waals surface area contributed by atoms with Gasteiger partial charge in [0.25, 0.3) is 0 Å². The van der Waals surface area contributed by atoms with E-state index in [4.69, 9.17) is 9.84 Å². The first-order valence-corrected chi connectivity index (χ1v) is 5.46. The highest BCUT2D eigenvalue weighted by Crippen LogP contribution is 2.28. The number of nitrogens with one attached hydrogen (secondary N) is 1. The van der Waals surface area contributed by atoms with Crippen molar-refractivity contribution in [3.8, 4) is 0 Å². The summed E-state index contributed by atoms with van der Waals surface area (Å²) < 4.78 is 5.14. The molecule has 0 aromatic carbocycles. The van der Waals surface area contributed by atoms with Crippen LogP contribution in [0, 0.1) is 11.3 Å². The lowest BCUT2D eigenvalue weighted by atomic mass is 9.85. The van der Waals surface area contributed by atoms with Gasteiger partial charge in [0, 0.05) is 6.42 Å². The summed E-state index contributed by atoms with van der Waals surface area (Å²) in [6.07, 6.45) is 0.409. The molecule has 2 N–H and O–H groups in total. The Bertz CT molecular complexity index is 290. The zero-order valence-electron chi connectivity index (χ0n) is 9.95. The number of carbonyl (C=O) groups excluding carboxylic acids is 1. The van der Waals surface area contributed by atoms with E-state index in [0.29, 0.717) is 6.42 Å². The molecule has 1 saturated heterocycles. The minimum Gasteiger partial charge on any atom is -0.481 e. The highest BCUT2D eigenvalue weighted by atomic mass is 16.5. The molecule has 1 amide bonds. The minimum absolute atomic E-state index is 0.113. The van der Waals surface area contributed by atoms with E-state index in [1.165, 1.54) is 0 Å². The summed E-state index contributed by atoms with van der Waals surface area (Å²) >= 11 is 0. The maximum atomic E-state index is 11.6. The van der Waals surface area contributed by atoms with Crippen LogP contribution >= 0.6 is 0 Å². The average Bonchev–Trinajstić information content (AvgIpc) is 2.47. The number of carboxylic acid groups (broad SMARTS) is 1. The fourth-order valence-electron chi connectivity index (χ4n) is 1.71. The van der Waals surface area contributed by atoms with Crippen molar-refractivity contribution in [2.45, 2.75) is 33.2 Å². The van der Waals surface area contributed by atoms with Crippen molar-refractivity contribution >= 4 is 11.9 Å². The summed E-state index contributed by atoms with van der Waals surface area (Å²) in [5.74, 6) is -0.781. The molecule has 16 heavy (non-hydrogen) atoms. The summed E-state index contributed by atoms with van der Waals surface area (Å²) in [4.78, 5) is 22.7. The minimum atomic E-state index is -1.01. The normalized spacial score (nSPS) is 29.4. The predicted octanol–water partition coefficient (Wildman–Crippen LogP) is 0.638. The Labute approximate surface area is 95.2 Å². The summed E-state index contributed by atoms with van der Waals surface area (Å²) in [6.45, 7) is 5.91. The maximum Gasteiger partial charge on any atom is 0.313 e. The van der Waals surface area contributed by atoms with Gasteiger partial charge in [0.1, 0.15) is 5.41 Å². The Morgan fingerprint density at radius 3 is 2.69 bits per heavy atom. The first-order chi connectivity index (χ1) is 7.36. The van der Waals surface area contributed by atoms with E-state index in [2.05, 4.69) is 5.32 Å². The second-order valence-corrected chi connectivity index (χ2v) is 4.96. The molecule has 1 heterocycles. The van der Waals surface area contributed by atoms with Crippen LogP contribution in [0.3, 0.4) is 0 Å². The number of hydrogen-bond donors (Lipinski definition) is 2. The standard InChI is InChI=1S/C11H19NO4/c1-7(2)4-9(13)12-8-5-16-6-11(8,3)10(14)15/h7-8H,4-6H2,1-3H3,(H,12,13)(H,14,15). The van der Waals surface area contributed by atoms with Crippen LogP contribution in [0.4, 0.5) is 0 Å². The molecular weight excluding hydrogens is 210 g/mol. The number of ether oxygens (including phenoxy) is 1. The van der Waals surface area contributed by atoms with Crippen molar-refractivity contribution in [3.05, 3.63) is 0 Å². The SMILES string of the molecule is CC(C)CC(=O)NC1COCC1(C)C(=O)O. The third-order valence-electron chi connectivity index (χ3n) is 2.87. The van der Waals surface area contributed by atoms with Gasteiger partial charge in [-0.2, -0.15) is 0 Å². The van der Waals surface area contributed by atoms with Crippen LogP contribution in [0.2, 0.25) is 0 Å². The van der Waals surface area contributed by atoms with Gasteiger partial charge >= 0.3 is 5.97 Å². The van der Waals surface area contributed by atoms with Crippen molar-refractivity contribution in [1.82, 2.24) is 5.32 Å². The lowest BCUT2D eigenvalue weighted by molar-refractivity contribution is -0.149. The molecular formula is C11H19NO4. The number of carbonyl (C=O) groups is 2. The topological polar surface area (TPSA) is 75.6 Å². The summed E-state index contributed by atoms with van der Waals surface area (Å²) in [5.41, 5.74) is -1.01. The van der Waals surface area contributed by atoms with Gasteiger partial charge in [0.15, 0.2) is 0 Å². The fraction of sp³-hybridized carbons (Fsp3) is 0.818. The fourth-order valence-corrected chi connectivity index (χ4v) is 1.71. The van der Waals surface area contributed by atoms with Gasteiger partial charge in [-0.3, -0.25) is 9.59 Å². The smallest absolute Gasteiger partial charge is 0.313 e. The summed E-state index contributed by atoms with van der Waals surface area (Å²) in [5, 5.41) is 11.8. The van der Waals surface area contributed by atoms with Gasteiger partial charge in [0.05, 0.1) is 19.3 Å². The van der Waals surface area contributed by atoms with E-state index in [1.54, 1.807) is 6.92 Å². The van der Waals surface area contributed by atoms with Crippen LogP contribution in [0.1, 0.15) is 27.2 Å². The molecule has 0 spiro atoms. The van der Waals surface area contributed by atoms with Crippen molar-refractivity contribution in [3.63, 3.8) is 0 Å². The second kappa shape index (κ2) is 4.82. The molecule has 0 aromatic rings. The Morgan fingerprint density at radius 2 is 2.19 bits per heavy atom. The zero-order valence-corrected chi connectivity index (χ0v) is 9.95. The third kappa shape index (κ3) is 2.72. The van der Waals surface area contributed by atoms with E-state index < -0.39 is 17.4 Å². The van der Waals surface area contributed by atoms with Gasteiger partial charge in [-0.05, 0) is 12.8 Å². The van der Waals surface area contributed by atoms with E-state index in [9.17, 15) is 9.59 Å². The van der Waals surface area contributed by atoms with E-state index in [1.807, 2.05) is 13.8 Å². The molecule has 1 aliphatic rings. The summed E-state index contributed by atoms with van der Waals surface area (Å²) in [7, 11) is 0. The van der Waals surface area contributed by atoms with Crippen molar-refractivity contribution in [2.24, 2.45) is 11.3 Å². The van der Waals surface area contributed by atoms with Crippen LogP contribution in [0.15, 0.2) is 0 Å². The third-order valence-corrected chi connectivity index (χ3v) is 2.87. The predicted molar refractivity (Wildman–Crippen MR) is 57.9 cm³/mol. The molecule has 1 aliphatic heterocycles. The molecule has 0 saturated carbocycles. The number of hydrogen-bond acceptors (Lipinski definition) is 3. The Kier molecular flexibility index (Phi) is 3.91. The number of aliphatic carboxylic acids is 1. The van der Waals surface area contributed by atoms with E-state index in [-0.39, 0.29) is 25.0 Å². The van der Waals surface area contributed by atoms with Crippen LogP contribution in [0.5, 0.6) is 0 Å². The number of rotatable bonds is 4. The van der Waals surface area contributed by atoms with Gasteiger partial charge in [-0.25, -0.2) is 0 Å². The molecule has 2 unspecified atom stereocenters. The molecule has 0 bridgehead atoms. The van der Waals surface area contributed by atoms with E-state index in [0.717, 1.165) is 0 Å². The molecule has 0 aliphatic carbocycles. The lowest BCUT2D eigenvalue weighted by Crippen LogP contribution is -2.49. The van der Waals surface area contributed by atoms with Crippen LogP contribution in [-0.2, 0) is 14.3 Å². The van der Waals surface area contributed by atoms with Gasteiger partial charge in [0.2, 0.25) is 5.91 Å². The highest BCUT2D eigenvalue weighted by Gasteiger charge is 2.47. The Hall–Kier alpha value is -1.10. The zero-order chi connectivity index (χ0) is 12.3. The lowest BCUT2D eigenvalue weighted by Gasteiger charge is -2.25. The van der Waals surface area contributed by atoms with Crippen molar-refractivity contribution in [2.75, 3.05) is 13.2 Å². The molecule has 1 fully saturated rings. The largest absolute Gasteiger partial charge is 0.481 e. The quantitative estimate of drug-likeness (QED) is 0.741. The van der Waals surface area contributed by atoms with Gasteiger partial charge in [-0.15, -0.1) is 0 Å². The molecule has 5 nitrogen and oxygen atoms in total. The van der Waals surface area contributed by atoms with Crippen LogP contribution < -0.4 is 5.32 Å². The first kappa shape index (κ1) is 13.0. The van der Waals surface area contributed by atoms with Crippen LogP contribution in [-0.4, -0.2) is 36.2 Å². The van der Waals surface area contributed by atoms with Crippen molar-refractivity contribution in [1.29, 1.82) is 0 Å². The Balaban J connectivity index is 2.60.